The van der Waals surface area contributed by atoms with Crippen molar-refractivity contribution in [3.8, 4) is 0 Å². The van der Waals surface area contributed by atoms with Crippen molar-refractivity contribution in [2.24, 2.45) is 5.73 Å². The van der Waals surface area contributed by atoms with Gasteiger partial charge in [-0.2, -0.15) is 0 Å². The Balaban J connectivity index is 2.22. The van der Waals surface area contributed by atoms with Gasteiger partial charge >= 0.3 is 0 Å². The fourth-order valence-corrected chi connectivity index (χ4v) is 3.07. The quantitative estimate of drug-likeness (QED) is 0.826. The van der Waals surface area contributed by atoms with E-state index in [9.17, 15) is 0 Å². The molecule has 1 aromatic heterocycles. The molecule has 1 aromatic rings. The van der Waals surface area contributed by atoms with Crippen LogP contribution in [0, 0.1) is 0 Å². The van der Waals surface area contributed by atoms with Gasteiger partial charge in [0.25, 0.3) is 0 Å². The highest BCUT2D eigenvalue weighted by Gasteiger charge is 2.22. The molecule has 2 N–H and O–H groups in total. The lowest BCUT2D eigenvalue weighted by Crippen LogP contribution is -1.94. The molecule has 0 radical (unpaired) electrons. The molecule has 2 nitrogen and oxygen atoms in total. The summed E-state index contributed by atoms with van der Waals surface area (Å²) >= 11 is 7.82. The third-order valence-corrected chi connectivity index (χ3v) is 4.01. The number of ether oxygens (including phenoxy) is 1. The normalized spacial score (nSPS) is 22.5. The Kier molecular flexibility index (Phi) is 2.89. The average Bonchev–Trinajstić information content (AvgIpc) is 2.72. The first kappa shape index (κ1) is 9.46. The summed E-state index contributed by atoms with van der Waals surface area (Å²) in [4.78, 5) is 2.41. The summed E-state index contributed by atoms with van der Waals surface area (Å²) in [5, 5.41) is 0.862. The summed E-state index contributed by atoms with van der Waals surface area (Å²) in [7, 11) is 0. The molecule has 0 saturated carbocycles. The fourth-order valence-electron chi connectivity index (χ4n) is 1.55. The van der Waals surface area contributed by atoms with Crippen molar-refractivity contribution in [1.29, 1.82) is 0 Å². The number of rotatable bonds is 2. The third-order valence-electron chi connectivity index (χ3n) is 2.27. The number of thiophene rings is 1. The summed E-state index contributed by atoms with van der Waals surface area (Å²) in [5.41, 5.74) is 5.55. The van der Waals surface area contributed by atoms with E-state index in [0.29, 0.717) is 12.5 Å². The highest BCUT2D eigenvalue weighted by atomic mass is 35.5. The molecule has 1 aliphatic rings. The molecular weight excluding hydrogens is 206 g/mol. The van der Waals surface area contributed by atoms with E-state index in [1.54, 1.807) is 11.3 Å². The van der Waals surface area contributed by atoms with Gasteiger partial charge in [0.1, 0.15) is 0 Å². The summed E-state index contributed by atoms with van der Waals surface area (Å²) in [6.07, 6.45) is 1.09. The molecule has 1 aliphatic heterocycles. The van der Waals surface area contributed by atoms with Gasteiger partial charge in [0.15, 0.2) is 0 Å². The third kappa shape index (κ3) is 1.89. The minimum atomic E-state index is 0.498. The van der Waals surface area contributed by atoms with Gasteiger partial charge < -0.3 is 10.5 Å². The Morgan fingerprint density at radius 3 is 3.08 bits per heavy atom. The molecule has 1 atom stereocenters. The maximum atomic E-state index is 6.10. The second-order valence-electron chi connectivity index (χ2n) is 3.19. The molecule has 2 heterocycles. The fraction of sp³-hybridized carbons (Fsp3) is 0.556. The number of nitrogens with two attached hydrogens (primary N) is 1. The Morgan fingerprint density at radius 2 is 2.54 bits per heavy atom. The molecule has 2 rings (SSSR count). The monoisotopic (exact) mass is 217 g/mol. The molecule has 0 aromatic carbocycles. The molecule has 0 aliphatic carbocycles. The number of hydrogen-bond acceptors (Lipinski definition) is 3. The van der Waals surface area contributed by atoms with Crippen LogP contribution in [0.1, 0.15) is 22.1 Å². The molecular formula is C9H12ClNOS. The van der Waals surface area contributed by atoms with E-state index in [-0.39, 0.29) is 0 Å². The van der Waals surface area contributed by atoms with Gasteiger partial charge in [-0.15, -0.1) is 11.3 Å². The zero-order valence-electron chi connectivity index (χ0n) is 7.25. The van der Waals surface area contributed by atoms with E-state index in [1.165, 1.54) is 4.88 Å². The summed E-state index contributed by atoms with van der Waals surface area (Å²) in [6, 6.07) is 1.97. The van der Waals surface area contributed by atoms with E-state index < -0.39 is 0 Å². The van der Waals surface area contributed by atoms with Gasteiger partial charge in [-0.1, -0.05) is 11.6 Å². The predicted molar refractivity (Wildman–Crippen MR) is 55.4 cm³/mol. The lowest BCUT2D eigenvalue weighted by molar-refractivity contribution is 0.194. The number of halogens is 1. The van der Waals surface area contributed by atoms with Crippen LogP contribution in [0.5, 0.6) is 0 Å². The predicted octanol–water partition coefficient (Wildman–Crippen LogP) is 2.36. The first-order valence-corrected chi connectivity index (χ1v) is 5.56. The Hall–Kier alpha value is -0.0900. The zero-order valence-corrected chi connectivity index (χ0v) is 8.83. The van der Waals surface area contributed by atoms with Gasteiger partial charge in [-0.05, 0) is 12.5 Å². The van der Waals surface area contributed by atoms with Crippen LogP contribution in [0.25, 0.3) is 0 Å². The summed E-state index contributed by atoms with van der Waals surface area (Å²) in [5.74, 6) is 0.498. The van der Waals surface area contributed by atoms with Crippen LogP contribution < -0.4 is 5.73 Å². The van der Waals surface area contributed by atoms with Gasteiger partial charge in [0.2, 0.25) is 0 Å². The maximum Gasteiger partial charge on any atom is 0.0552 e. The first-order chi connectivity index (χ1) is 6.31. The smallest absolute Gasteiger partial charge is 0.0552 e. The molecule has 1 fully saturated rings. The van der Waals surface area contributed by atoms with Crippen LogP contribution >= 0.6 is 22.9 Å². The summed E-state index contributed by atoms with van der Waals surface area (Å²) < 4.78 is 5.33. The van der Waals surface area contributed by atoms with Crippen LogP contribution in [0.15, 0.2) is 6.07 Å². The molecule has 1 saturated heterocycles. The maximum absolute atomic E-state index is 6.10. The van der Waals surface area contributed by atoms with Crippen molar-refractivity contribution in [3.63, 3.8) is 0 Å². The topological polar surface area (TPSA) is 35.2 Å². The van der Waals surface area contributed by atoms with Crippen LogP contribution in [-0.2, 0) is 11.3 Å². The molecule has 0 bridgehead atoms. The SMILES string of the molecule is NCc1cc(Cl)c(C2CCOC2)s1. The Morgan fingerprint density at radius 1 is 1.69 bits per heavy atom. The van der Waals surface area contributed by atoms with E-state index >= 15 is 0 Å². The number of hydrogen-bond donors (Lipinski definition) is 1. The highest BCUT2D eigenvalue weighted by molar-refractivity contribution is 7.12. The Bertz CT molecular complexity index is 294. The van der Waals surface area contributed by atoms with Crippen LogP contribution in [0.3, 0.4) is 0 Å². The molecule has 0 spiro atoms. The van der Waals surface area contributed by atoms with Crippen molar-refractivity contribution < 1.29 is 4.74 Å². The second kappa shape index (κ2) is 3.96. The second-order valence-corrected chi connectivity index (χ2v) is 4.77. The van der Waals surface area contributed by atoms with Crippen LogP contribution in [-0.4, -0.2) is 13.2 Å². The first-order valence-electron chi connectivity index (χ1n) is 4.37. The van der Waals surface area contributed by atoms with E-state index in [2.05, 4.69) is 0 Å². The van der Waals surface area contributed by atoms with Crippen LogP contribution in [0.4, 0.5) is 0 Å². The minimum Gasteiger partial charge on any atom is -0.381 e. The average molecular weight is 218 g/mol. The van der Waals surface area contributed by atoms with Gasteiger partial charge in [-0.3, -0.25) is 0 Å². The zero-order chi connectivity index (χ0) is 9.26. The summed E-state index contributed by atoms with van der Waals surface area (Å²) in [6.45, 7) is 2.25. The van der Waals surface area contributed by atoms with E-state index in [0.717, 1.165) is 29.5 Å². The molecule has 13 heavy (non-hydrogen) atoms. The van der Waals surface area contributed by atoms with Gasteiger partial charge in [-0.25, -0.2) is 0 Å². The molecule has 1 unspecified atom stereocenters. The van der Waals surface area contributed by atoms with Crippen molar-refractivity contribution in [2.75, 3.05) is 13.2 Å². The van der Waals surface area contributed by atoms with Crippen molar-refractivity contribution in [3.05, 3.63) is 20.8 Å². The lowest BCUT2D eigenvalue weighted by atomic mass is 10.1. The van der Waals surface area contributed by atoms with Crippen LogP contribution in [0.2, 0.25) is 5.02 Å². The molecule has 72 valence electrons. The van der Waals surface area contributed by atoms with Gasteiger partial charge in [0.05, 0.1) is 11.6 Å². The van der Waals surface area contributed by atoms with Crippen molar-refractivity contribution in [2.45, 2.75) is 18.9 Å². The Labute approximate surface area is 86.6 Å². The standard InChI is InChI=1S/C9H12ClNOS/c10-8-3-7(4-11)13-9(8)6-1-2-12-5-6/h3,6H,1-2,4-5,11H2. The highest BCUT2D eigenvalue weighted by Crippen LogP contribution is 2.37. The lowest BCUT2D eigenvalue weighted by Gasteiger charge is -2.03. The van der Waals surface area contributed by atoms with E-state index in [4.69, 9.17) is 22.1 Å². The minimum absolute atomic E-state index is 0.498. The van der Waals surface area contributed by atoms with E-state index in [1.807, 2.05) is 6.07 Å². The molecule has 4 heteroatoms. The van der Waals surface area contributed by atoms with Gasteiger partial charge in [0, 0.05) is 28.8 Å². The van der Waals surface area contributed by atoms with Crippen molar-refractivity contribution >= 4 is 22.9 Å². The van der Waals surface area contributed by atoms with Crippen molar-refractivity contribution in [1.82, 2.24) is 0 Å². The largest absolute Gasteiger partial charge is 0.381 e. The molecule has 0 amide bonds.